The Balaban J connectivity index is 1.85. The molecule has 5 heteroatoms. The lowest BCUT2D eigenvalue weighted by Gasteiger charge is -2.33. The molecular formula is C18H23N3O2. The fraction of sp³-hybridized carbons (Fsp3) is 0.444. The average Bonchev–Trinajstić information content (AvgIpc) is 2.97. The van der Waals surface area contributed by atoms with Gasteiger partial charge in [-0.05, 0) is 24.8 Å². The van der Waals surface area contributed by atoms with Crippen molar-refractivity contribution in [1.29, 1.82) is 0 Å². The van der Waals surface area contributed by atoms with Crippen LogP contribution in [-0.4, -0.2) is 34.7 Å². The minimum absolute atomic E-state index is 0.0135. The van der Waals surface area contributed by atoms with Gasteiger partial charge in [-0.3, -0.25) is 9.48 Å². The summed E-state index contributed by atoms with van der Waals surface area (Å²) in [5.41, 5.74) is 3.28. The van der Waals surface area contributed by atoms with Gasteiger partial charge in [-0.2, -0.15) is 5.10 Å². The molecule has 1 aliphatic rings. The molecule has 1 aromatic heterocycles. The van der Waals surface area contributed by atoms with E-state index in [1.54, 1.807) is 7.11 Å². The SMILES string of the molecule is COC(C(=O)N(C)C1CCCc2c1cnn2C)c1ccccc1. The first-order valence-corrected chi connectivity index (χ1v) is 7.98. The minimum Gasteiger partial charge on any atom is -0.367 e. The highest BCUT2D eigenvalue weighted by Gasteiger charge is 2.32. The highest BCUT2D eigenvalue weighted by atomic mass is 16.5. The van der Waals surface area contributed by atoms with E-state index in [4.69, 9.17) is 4.74 Å². The molecule has 0 saturated heterocycles. The van der Waals surface area contributed by atoms with E-state index in [1.807, 2.05) is 60.2 Å². The highest BCUT2D eigenvalue weighted by Crippen LogP contribution is 2.35. The molecule has 2 aromatic rings. The number of methoxy groups -OCH3 is 1. The van der Waals surface area contributed by atoms with Crippen LogP contribution in [0.3, 0.4) is 0 Å². The summed E-state index contributed by atoms with van der Waals surface area (Å²) in [7, 11) is 5.41. The summed E-state index contributed by atoms with van der Waals surface area (Å²) in [6, 6.07) is 9.71. The number of aryl methyl sites for hydroxylation is 1. The van der Waals surface area contributed by atoms with Gasteiger partial charge in [-0.25, -0.2) is 0 Å². The predicted octanol–water partition coefficient (Wildman–Crippen LogP) is 2.64. The van der Waals surface area contributed by atoms with Crippen molar-refractivity contribution in [2.45, 2.75) is 31.4 Å². The molecule has 1 heterocycles. The number of amides is 1. The normalized spacial score (nSPS) is 18.3. The van der Waals surface area contributed by atoms with Crippen molar-refractivity contribution in [3.05, 3.63) is 53.3 Å². The minimum atomic E-state index is -0.566. The Bertz CT molecular complexity index is 681. The maximum absolute atomic E-state index is 13.0. The molecule has 0 fully saturated rings. The number of rotatable bonds is 4. The number of fused-ring (bicyclic) bond motifs is 1. The van der Waals surface area contributed by atoms with Crippen LogP contribution in [0, 0.1) is 0 Å². The smallest absolute Gasteiger partial charge is 0.256 e. The van der Waals surface area contributed by atoms with Gasteiger partial charge in [0, 0.05) is 32.5 Å². The maximum atomic E-state index is 13.0. The first-order chi connectivity index (χ1) is 11.1. The van der Waals surface area contributed by atoms with Crippen LogP contribution in [0.2, 0.25) is 0 Å². The Hall–Kier alpha value is -2.14. The summed E-state index contributed by atoms with van der Waals surface area (Å²) in [5, 5.41) is 4.36. The predicted molar refractivity (Wildman–Crippen MR) is 87.8 cm³/mol. The Labute approximate surface area is 136 Å². The molecule has 122 valence electrons. The fourth-order valence-corrected chi connectivity index (χ4v) is 3.43. The van der Waals surface area contributed by atoms with Crippen LogP contribution in [0.15, 0.2) is 36.5 Å². The maximum Gasteiger partial charge on any atom is 0.256 e. The van der Waals surface area contributed by atoms with Crippen molar-refractivity contribution >= 4 is 5.91 Å². The molecular weight excluding hydrogens is 290 g/mol. The highest BCUT2D eigenvalue weighted by molar-refractivity contribution is 5.82. The van der Waals surface area contributed by atoms with E-state index in [2.05, 4.69) is 5.10 Å². The van der Waals surface area contributed by atoms with Crippen LogP contribution in [0.25, 0.3) is 0 Å². The third kappa shape index (κ3) is 2.88. The molecule has 1 aliphatic carbocycles. The van der Waals surface area contributed by atoms with Crippen LogP contribution < -0.4 is 0 Å². The quantitative estimate of drug-likeness (QED) is 0.872. The van der Waals surface area contributed by atoms with E-state index in [0.717, 1.165) is 30.4 Å². The molecule has 0 aliphatic heterocycles. The van der Waals surface area contributed by atoms with Gasteiger partial charge >= 0.3 is 0 Å². The van der Waals surface area contributed by atoms with Gasteiger partial charge in [-0.15, -0.1) is 0 Å². The zero-order chi connectivity index (χ0) is 16.4. The number of carbonyl (C=O) groups is 1. The molecule has 0 spiro atoms. The van der Waals surface area contributed by atoms with E-state index in [1.165, 1.54) is 5.69 Å². The van der Waals surface area contributed by atoms with Gasteiger partial charge in [0.25, 0.3) is 5.91 Å². The molecule has 2 unspecified atom stereocenters. The van der Waals surface area contributed by atoms with E-state index in [0.29, 0.717) is 0 Å². The van der Waals surface area contributed by atoms with Crippen LogP contribution in [-0.2, 0) is 23.0 Å². The van der Waals surface area contributed by atoms with Crippen molar-refractivity contribution < 1.29 is 9.53 Å². The molecule has 5 nitrogen and oxygen atoms in total. The lowest BCUT2D eigenvalue weighted by atomic mass is 9.91. The zero-order valence-corrected chi connectivity index (χ0v) is 13.9. The molecule has 2 atom stereocenters. The Morgan fingerprint density at radius 1 is 1.39 bits per heavy atom. The molecule has 0 radical (unpaired) electrons. The van der Waals surface area contributed by atoms with Gasteiger partial charge in [0.15, 0.2) is 6.10 Å². The lowest BCUT2D eigenvalue weighted by Crippen LogP contribution is -2.37. The number of carbonyl (C=O) groups excluding carboxylic acids is 1. The van der Waals surface area contributed by atoms with Crippen molar-refractivity contribution in [1.82, 2.24) is 14.7 Å². The van der Waals surface area contributed by atoms with Crippen molar-refractivity contribution in [2.75, 3.05) is 14.2 Å². The van der Waals surface area contributed by atoms with Gasteiger partial charge in [0.05, 0.1) is 12.2 Å². The Kier molecular flexibility index (Phi) is 4.48. The van der Waals surface area contributed by atoms with E-state index in [9.17, 15) is 4.79 Å². The molecule has 3 rings (SSSR count). The van der Waals surface area contributed by atoms with Crippen molar-refractivity contribution in [3.63, 3.8) is 0 Å². The molecule has 1 amide bonds. The molecule has 0 N–H and O–H groups in total. The molecule has 0 bridgehead atoms. The summed E-state index contributed by atoms with van der Waals surface area (Å²) in [4.78, 5) is 14.8. The van der Waals surface area contributed by atoms with Crippen LogP contribution in [0.4, 0.5) is 0 Å². The monoisotopic (exact) mass is 313 g/mol. The number of ether oxygens (including phenoxy) is 1. The number of aromatic nitrogens is 2. The zero-order valence-electron chi connectivity index (χ0n) is 13.9. The lowest BCUT2D eigenvalue weighted by molar-refractivity contribution is -0.143. The van der Waals surface area contributed by atoms with Crippen molar-refractivity contribution in [3.8, 4) is 0 Å². The largest absolute Gasteiger partial charge is 0.367 e. The van der Waals surface area contributed by atoms with Gasteiger partial charge in [0.1, 0.15) is 0 Å². The summed E-state index contributed by atoms with van der Waals surface area (Å²) in [6.45, 7) is 0. The second-order valence-corrected chi connectivity index (χ2v) is 6.05. The first-order valence-electron chi connectivity index (χ1n) is 7.98. The van der Waals surface area contributed by atoms with E-state index < -0.39 is 6.10 Å². The van der Waals surface area contributed by atoms with Gasteiger partial charge < -0.3 is 9.64 Å². The fourth-order valence-electron chi connectivity index (χ4n) is 3.43. The second-order valence-electron chi connectivity index (χ2n) is 6.05. The van der Waals surface area contributed by atoms with Crippen LogP contribution >= 0.6 is 0 Å². The molecule has 1 aromatic carbocycles. The summed E-state index contributed by atoms with van der Waals surface area (Å²) in [6.07, 6.45) is 4.39. The number of hydrogen-bond donors (Lipinski definition) is 0. The van der Waals surface area contributed by atoms with Crippen LogP contribution in [0.5, 0.6) is 0 Å². The topological polar surface area (TPSA) is 47.4 Å². The summed E-state index contributed by atoms with van der Waals surface area (Å²) < 4.78 is 7.41. The Morgan fingerprint density at radius 3 is 2.83 bits per heavy atom. The molecule has 23 heavy (non-hydrogen) atoms. The number of nitrogens with zero attached hydrogens (tertiary/aromatic N) is 3. The van der Waals surface area contributed by atoms with Crippen LogP contribution in [0.1, 0.15) is 41.8 Å². The Morgan fingerprint density at radius 2 is 2.13 bits per heavy atom. The third-order valence-electron chi connectivity index (χ3n) is 4.72. The summed E-state index contributed by atoms with van der Waals surface area (Å²) in [5.74, 6) is -0.0135. The number of hydrogen-bond acceptors (Lipinski definition) is 3. The number of likely N-dealkylation sites (N-methyl/N-ethyl adjacent to an activating group) is 1. The number of benzene rings is 1. The van der Waals surface area contributed by atoms with Crippen molar-refractivity contribution in [2.24, 2.45) is 7.05 Å². The second kappa shape index (κ2) is 6.54. The average molecular weight is 313 g/mol. The van der Waals surface area contributed by atoms with E-state index in [-0.39, 0.29) is 11.9 Å². The standard InChI is InChI=1S/C18H23N3O2/c1-20(15-10-7-11-16-14(15)12-19-21(16)2)18(22)17(23-3)13-8-5-4-6-9-13/h4-6,8-9,12,15,17H,7,10-11H2,1-3H3. The van der Waals surface area contributed by atoms with Gasteiger partial charge in [0.2, 0.25) is 0 Å². The third-order valence-corrected chi connectivity index (χ3v) is 4.72. The molecule has 0 saturated carbocycles. The first kappa shape index (κ1) is 15.7. The van der Waals surface area contributed by atoms with Gasteiger partial charge in [-0.1, -0.05) is 30.3 Å². The summed E-state index contributed by atoms with van der Waals surface area (Å²) >= 11 is 0. The van der Waals surface area contributed by atoms with E-state index >= 15 is 0 Å².